The summed E-state index contributed by atoms with van der Waals surface area (Å²) >= 11 is 0. The standard InChI is InChI=1S/C16H19N3/c1-12-11-15(13-5-3-2-4-6-13)19-16(18-12)9-10-17-14-7-8-14/h2-6,11,14,17H,7-10H2,1H3. The van der Waals surface area contributed by atoms with Crippen molar-refractivity contribution in [3.63, 3.8) is 0 Å². The van der Waals surface area contributed by atoms with Crippen LogP contribution in [0.4, 0.5) is 0 Å². The molecule has 1 heterocycles. The Labute approximate surface area is 114 Å². The normalized spacial score (nSPS) is 14.6. The molecule has 0 bridgehead atoms. The molecular weight excluding hydrogens is 234 g/mol. The number of aromatic nitrogens is 2. The van der Waals surface area contributed by atoms with Crippen molar-refractivity contribution in [1.82, 2.24) is 15.3 Å². The van der Waals surface area contributed by atoms with Crippen molar-refractivity contribution in [3.05, 3.63) is 47.9 Å². The van der Waals surface area contributed by atoms with Crippen molar-refractivity contribution in [2.45, 2.75) is 32.2 Å². The van der Waals surface area contributed by atoms with Gasteiger partial charge in [-0.05, 0) is 25.8 Å². The van der Waals surface area contributed by atoms with Gasteiger partial charge in [-0.1, -0.05) is 30.3 Å². The van der Waals surface area contributed by atoms with Gasteiger partial charge < -0.3 is 5.32 Å². The number of hydrogen-bond donors (Lipinski definition) is 1. The summed E-state index contributed by atoms with van der Waals surface area (Å²) in [5, 5.41) is 3.50. The first-order chi connectivity index (χ1) is 9.31. The summed E-state index contributed by atoms with van der Waals surface area (Å²) in [7, 11) is 0. The van der Waals surface area contributed by atoms with Gasteiger partial charge in [0.1, 0.15) is 5.82 Å². The van der Waals surface area contributed by atoms with E-state index < -0.39 is 0 Å². The molecule has 3 nitrogen and oxygen atoms in total. The summed E-state index contributed by atoms with van der Waals surface area (Å²) in [4.78, 5) is 9.20. The lowest BCUT2D eigenvalue weighted by atomic mass is 10.1. The van der Waals surface area contributed by atoms with Crippen LogP contribution in [-0.4, -0.2) is 22.6 Å². The Bertz CT molecular complexity index is 547. The fraction of sp³-hybridized carbons (Fsp3) is 0.375. The molecule has 3 heteroatoms. The summed E-state index contributed by atoms with van der Waals surface area (Å²) in [5.41, 5.74) is 3.22. The van der Waals surface area contributed by atoms with Gasteiger partial charge in [0.25, 0.3) is 0 Å². The van der Waals surface area contributed by atoms with Gasteiger partial charge in [-0.2, -0.15) is 0 Å². The lowest BCUT2D eigenvalue weighted by Gasteiger charge is -2.07. The molecule has 98 valence electrons. The van der Waals surface area contributed by atoms with E-state index in [0.717, 1.165) is 41.8 Å². The minimum atomic E-state index is 0.749. The minimum Gasteiger partial charge on any atom is -0.314 e. The maximum Gasteiger partial charge on any atom is 0.130 e. The van der Waals surface area contributed by atoms with Crippen LogP contribution in [0.1, 0.15) is 24.4 Å². The van der Waals surface area contributed by atoms with E-state index in [4.69, 9.17) is 0 Å². The number of nitrogens with zero attached hydrogens (tertiary/aromatic N) is 2. The second-order valence-corrected chi connectivity index (χ2v) is 5.16. The maximum atomic E-state index is 4.67. The number of aryl methyl sites for hydroxylation is 1. The Morgan fingerprint density at radius 3 is 2.68 bits per heavy atom. The molecule has 0 aliphatic heterocycles. The smallest absolute Gasteiger partial charge is 0.130 e. The molecule has 1 aromatic carbocycles. The maximum absolute atomic E-state index is 4.67. The topological polar surface area (TPSA) is 37.8 Å². The molecule has 0 saturated heterocycles. The van der Waals surface area contributed by atoms with Gasteiger partial charge in [0.05, 0.1) is 5.69 Å². The summed E-state index contributed by atoms with van der Waals surface area (Å²) < 4.78 is 0. The largest absolute Gasteiger partial charge is 0.314 e. The first-order valence-corrected chi connectivity index (χ1v) is 6.94. The average molecular weight is 253 g/mol. The van der Waals surface area contributed by atoms with Gasteiger partial charge in [-0.15, -0.1) is 0 Å². The zero-order valence-electron chi connectivity index (χ0n) is 11.3. The van der Waals surface area contributed by atoms with E-state index in [1.807, 2.05) is 31.2 Å². The van der Waals surface area contributed by atoms with Crippen molar-refractivity contribution < 1.29 is 0 Å². The van der Waals surface area contributed by atoms with Gasteiger partial charge in [0.2, 0.25) is 0 Å². The van der Waals surface area contributed by atoms with E-state index >= 15 is 0 Å². The predicted octanol–water partition coefficient (Wildman–Crippen LogP) is 2.75. The van der Waals surface area contributed by atoms with Crippen molar-refractivity contribution in [2.75, 3.05) is 6.54 Å². The van der Waals surface area contributed by atoms with E-state index in [9.17, 15) is 0 Å². The van der Waals surface area contributed by atoms with Crippen LogP contribution >= 0.6 is 0 Å². The molecule has 1 aromatic heterocycles. The highest BCUT2D eigenvalue weighted by atomic mass is 15.0. The number of hydrogen-bond acceptors (Lipinski definition) is 3. The molecule has 1 fully saturated rings. The summed E-state index contributed by atoms with van der Waals surface area (Å²) in [6.07, 6.45) is 3.55. The summed E-state index contributed by atoms with van der Waals surface area (Å²) in [6, 6.07) is 13.1. The van der Waals surface area contributed by atoms with E-state index in [-0.39, 0.29) is 0 Å². The zero-order valence-corrected chi connectivity index (χ0v) is 11.3. The van der Waals surface area contributed by atoms with Crippen LogP contribution in [-0.2, 0) is 6.42 Å². The summed E-state index contributed by atoms with van der Waals surface area (Å²) in [6.45, 7) is 3.01. The van der Waals surface area contributed by atoms with Crippen LogP contribution in [0.15, 0.2) is 36.4 Å². The van der Waals surface area contributed by atoms with Crippen LogP contribution in [0.3, 0.4) is 0 Å². The molecule has 2 aromatic rings. The first-order valence-electron chi connectivity index (χ1n) is 6.94. The van der Waals surface area contributed by atoms with Gasteiger partial charge in [-0.3, -0.25) is 0 Å². The molecule has 0 radical (unpaired) electrons. The highest BCUT2D eigenvalue weighted by molar-refractivity contribution is 5.58. The lowest BCUT2D eigenvalue weighted by molar-refractivity contribution is 0.665. The van der Waals surface area contributed by atoms with Gasteiger partial charge in [0.15, 0.2) is 0 Å². The number of benzene rings is 1. The summed E-state index contributed by atoms with van der Waals surface area (Å²) in [5.74, 6) is 0.937. The van der Waals surface area contributed by atoms with Crippen LogP contribution < -0.4 is 5.32 Å². The monoisotopic (exact) mass is 253 g/mol. The van der Waals surface area contributed by atoms with Gasteiger partial charge >= 0.3 is 0 Å². The quantitative estimate of drug-likeness (QED) is 0.890. The van der Waals surface area contributed by atoms with E-state index in [1.165, 1.54) is 12.8 Å². The molecular formula is C16H19N3. The van der Waals surface area contributed by atoms with Gasteiger partial charge in [0, 0.05) is 30.3 Å². The van der Waals surface area contributed by atoms with Crippen LogP contribution in [0.5, 0.6) is 0 Å². The molecule has 1 aliphatic rings. The molecule has 1 aliphatic carbocycles. The molecule has 0 spiro atoms. The fourth-order valence-corrected chi connectivity index (χ4v) is 2.17. The third-order valence-electron chi connectivity index (χ3n) is 3.33. The van der Waals surface area contributed by atoms with Crippen LogP contribution in [0, 0.1) is 6.92 Å². The fourth-order valence-electron chi connectivity index (χ4n) is 2.17. The Morgan fingerprint density at radius 1 is 1.16 bits per heavy atom. The molecule has 0 atom stereocenters. The highest BCUT2D eigenvalue weighted by Gasteiger charge is 2.19. The second kappa shape index (κ2) is 5.49. The van der Waals surface area contributed by atoms with Crippen molar-refractivity contribution >= 4 is 0 Å². The average Bonchev–Trinajstić information content (AvgIpc) is 3.23. The van der Waals surface area contributed by atoms with Crippen molar-refractivity contribution in [3.8, 4) is 11.3 Å². The SMILES string of the molecule is Cc1cc(-c2ccccc2)nc(CCNC2CC2)n1. The molecule has 0 unspecified atom stereocenters. The van der Waals surface area contributed by atoms with Crippen LogP contribution in [0.2, 0.25) is 0 Å². The molecule has 3 rings (SSSR count). The number of nitrogens with one attached hydrogen (secondary N) is 1. The number of rotatable bonds is 5. The third-order valence-corrected chi connectivity index (χ3v) is 3.33. The third kappa shape index (κ3) is 3.38. The Balaban J connectivity index is 1.75. The Morgan fingerprint density at radius 2 is 1.95 bits per heavy atom. The Hall–Kier alpha value is -1.74. The van der Waals surface area contributed by atoms with Gasteiger partial charge in [-0.25, -0.2) is 9.97 Å². The minimum absolute atomic E-state index is 0.749. The van der Waals surface area contributed by atoms with Crippen LogP contribution in [0.25, 0.3) is 11.3 Å². The predicted molar refractivity (Wildman–Crippen MR) is 76.9 cm³/mol. The molecule has 0 amide bonds. The van der Waals surface area contributed by atoms with E-state index in [0.29, 0.717) is 0 Å². The molecule has 1 saturated carbocycles. The molecule has 1 N–H and O–H groups in total. The van der Waals surface area contributed by atoms with E-state index in [1.54, 1.807) is 0 Å². The second-order valence-electron chi connectivity index (χ2n) is 5.16. The zero-order chi connectivity index (χ0) is 13.1. The van der Waals surface area contributed by atoms with Crippen molar-refractivity contribution in [2.24, 2.45) is 0 Å². The van der Waals surface area contributed by atoms with E-state index in [2.05, 4.69) is 27.4 Å². The first kappa shape index (κ1) is 12.3. The molecule has 19 heavy (non-hydrogen) atoms. The lowest BCUT2D eigenvalue weighted by Crippen LogP contribution is -2.20. The Kier molecular flexibility index (Phi) is 3.56. The highest BCUT2D eigenvalue weighted by Crippen LogP contribution is 2.19. The van der Waals surface area contributed by atoms with Crippen molar-refractivity contribution in [1.29, 1.82) is 0 Å².